The fourth-order valence-electron chi connectivity index (χ4n) is 4.39. The third-order valence-corrected chi connectivity index (χ3v) is 5.46. The molecule has 4 nitrogen and oxygen atoms in total. The quantitative estimate of drug-likeness (QED) is 0.748. The molecule has 2 heterocycles. The summed E-state index contributed by atoms with van der Waals surface area (Å²) in [5, 5.41) is 0. The molecule has 21 heavy (non-hydrogen) atoms. The maximum atomic E-state index is 12.1. The Morgan fingerprint density at radius 2 is 2.00 bits per heavy atom. The molecule has 0 radical (unpaired) electrons. The molecule has 3 rings (SSSR count). The first kappa shape index (κ1) is 15.3. The van der Waals surface area contributed by atoms with E-state index in [1.807, 2.05) is 6.92 Å². The molecule has 0 amide bonds. The minimum atomic E-state index is -0.0394. The lowest BCUT2D eigenvalue weighted by molar-refractivity contribution is -0.152. The minimum Gasteiger partial charge on any atom is -0.465 e. The van der Waals surface area contributed by atoms with Gasteiger partial charge in [0.2, 0.25) is 0 Å². The molecule has 3 aliphatic rings. The number of hydrogen-bond acceptors (Lipinski definition) is 4. The molecule has 3 fully saturated rings. The zero-order valence-corrected chi connectivity index (χ0v) is 13.3. The number of carbonyl (C=O) groups excluding carboxylic acids is 1. The molecule has 0 aromatic heterocycles. The molecule has 0 N–H and O–H groups in total. The monoisotopic (exact) mass is 295 g/mol. The van der Waals surface area contributed by atoms with Crippen LogP contribution in [-0.2, 0) is 14.3 Å². The third kappa shape index (κ3) is 3.42. The Labute approximate surface area is 128 Å². The highest BCUT2D eigenvalue weighted by Gasteiger charge is 2.43. The van der Waals surface area contributed by atoms with Crippen molar-refractivity contribution >= 4 is 5.97 Å². The second-order valence-electron chi connectivity index (χ2n) is 6.93. The maximum Gasteiger partial charge on any atom is 0.323 e. The number of hydrogen-bond donors (Lipinski definition) is 0. The zero-order chi connectivity index (χ0) is 14.7. The number of ether oxygens (including phenoxy) is 2. The standard InChI is InChI=1S/C17H29NO3/c1-2-20-16(19)15-7-3-6-12-18(15)13-14-8-11-17(21-14)9-4-5-10-17/h14-15H,2-13H2,1H3. The van der Waals surface area contributed by atoms with Crippen molar-refractivity contribution < 1.29 is 14.3 Å². The number of nitrogens with zero attached hydrogens (tertiary/aromatic N) is 1. The molecule has 0 aromatic carbocycles. The van der Waals surface area contributed by atoms with E-state index in [-0.39, 0.29) is 17.6 Å². The Hall–Kier alpha value is -0.610. The van der Waals surface area contributed by atoms with Gasteiger partial charge in [0.05, 0.1) is 18.3 Å². The average molecular weight is 295 g/mol. The summed E-state index contributed by atoms with van der Waals surface area (Å²) in [6.07, 6.45) is 11.1. The van der Waals surface area contributed by atoms with Gasteiger partial charge in [0.25, 0.3) is 0 Å². The van der Waals surface area contributed by atoms with Crippen LogP contribution in [0.15, 0.2) is 0 Å². The van der Waals surface area contributed by atoms with Crippen molar-refractivity contribution in [1.29, 1.82) is 0 Å². The summed E-state index contributed by atoms with van der Waals surface area (Å²) in [4.78, 5) is 14.4. The zero-order valence-electron chi connectivity index (χ0n) is 13.3. The van der Waals surface area contributed by atoms with Gasteiger partial charge in [0.1, 0.15) is 6.04 Å². The Bertz CT molecular complexity index is 365. The number of carbonyl (C=O) groups is 1. The van der Waals surface area contributed by atoms with Crippen LogP contribution in [0.2, 0.25) is 0 Å². The summed E-state index contributed by atoms with van der Waals surface area (Å²) in [5.74, 6) is -0.0363. The highest BCUT2D eigenvalue weighted by molar-refractivity contribution is 5.75. The fraction of sp³-hybridized carbons (Fsp3) is 0.941. The summed E-state index contributed by atoms with van der Waals surface area (Å²) < 4.78 is 11.7. The average Bonchev–Trinajstić information content (AvgIpc) is 3.10. The smallest absolute Gasteiger partial charge is 0.323 e. The van der Waals surface area contributed by atoms with E-state index in [9.17, 15) is 4.79 Å². The highest BCUT2D eigenvalue weighted by atomic mass is 16.5. The summed E-state index contributed by atoms with van der Waals surface area (Å²) in [5.41, 5.74) is 0.194. The molecule has 2 unspecified atom stereocenters. The normalized spacial score (nSPS) is 32.6. The lowest BCUT2D eigenvalue weighted by Crippen LogP contribution is -2.48. The lowest BCUT2D eigenvalue weighted by Gasteiger charge is -2.36. The van der Waals surface area contributed by atoms with Gasteiger partial charge in [-0.3, -0.25) is 9.69 Å². The van der Waals surface area contributed by atoms with Gasteiger partial charge in [0.15, 0.2) is 0 Å². The van der Waals surface area contributed by atoms with Crippen LogP contribution in [0.5, 0.6) is 0 Å². The molecule has 1 spiro atoms. The molecule has 2 aliphatic heterocycles. The molecule has 120 valence electrons. The Balaban J connectivity index is 1.56. The first-order chi connectivity index (χ1) is 10.2. The molecule has 1 saturated carbocycles. The second kappa shape index (κ2) is 6.66. The van der Waals surface area contributed by atoms with E-state index in [2.05, 4.69) is 4.90 Å². The van der Waals surface area contributed by atoms with E-state index in [1.54, 1.807) is 0 Å². The number of piperidine rings is 1. The Kier molecular flexibility index (Phi) is 4.85. The van der Waals surface area contributed by atoms with E-state index in [1.165, 1.54) is 38.5 Å². The van der Waals surface area contributed by atoms with Crippen LogP contribution >= 0.6 is 0 Å². The van der Waals surface area contributed by atoms with Crippen LogP contribution in [0.4, 0.5) is 0 Å². The van der Waals surface area contributed by atoms with Gasteiger partial charge in [-0.2, -0.15) is 0 Å². The molecule has 4 heteroatoms. The lowest BCUT2D eigenvalue weighted by atomic mass is 9.98. The van der Waals surface area contributed by atoms with Gasteiger partial charge < -0.3 is 9.47 Å². The molecule has 0 aromatic rings. The van der Waals surface area contributed by atoms with Crippen molar-refractivity contribution in [2.75, 3.05) is 19.7 Å². The Morgan fingerprint density at radius 1 is 1.19 bits per heavy atom. The summed E-state index contributed by atoms with van der Waals surface area (Å²) in [6.45, 7) is 4.28. The minimum absolute atomic E-state index is 0.0363. The van der Waals surface area contributed by atoms with E-state index in [0.29, 0.717) is 12.7 Å². The van der Waals surface area contributed by atoms with Crippen LogP contribution < -0.4 is 0 Å². The summed E-state index contributed by atoms with van der Waals surface area (Å²) in [6, 6.07) is -0.0394. The van der Waals surface area contributed by atoms with Crippen LogP contribution in [0.3, 0.4) is 0 Å². The number of esters is 1. The number of likely N-dealkylation sites (tertiary alicyclic amines) is 1. The molecule has 1 aliphatic carbocycles. The van der Waals surface area contributed by atoms with Crippen molar-refractivity contribution in [2.45, 2.75) is 82.5 Å². The van der Waals surface area contributed by atoms with Gasteiger partial charge in [0, 0.05) is 6.54 Å². The highest BCUT2D eigenvalue weighted by Crippen LogP contribution is 2.43. The predicted octanol–water partition coefficient (Wildman–Crippen LogP) is 2.90. The third-order valence-electron chi connectivity index (χ3n) is 5.46. The van der Waals surface area contributed by atoms with Gasteiger partial charge in [-0.1, -0.05) is 19.3 Å². The molecule has 2 atom stereocenters. The molecule has 0 bridgehead atoms. The largest absolute Gasteiger partial charge is 0.465 e. The van der Waals surface area contributed by atoms with Crippen LogP contribution in [0, 0.1) is 0 Å². The van der Waals surface area contributed by atoms with E-state index in [0.717, 1.165) is 32.4 Å². The SMILES string of the molecule is CCOC(=O)C1CCCCN1CC1CCC2(CCCC2)O1. The number of rotatable bonds is 4. The molecular weight excluding hydrogens is 266 g/mol. The fourth-order valence-corrected chi connectivity index (χ4v) is 4.39. The van der Waals surface area contributed by atoms with Crippen LogP contribution in [0.1, 0.15) is 64.7 Å². The first-order valence-corrected chi connectivity index (χ1v) is 8.81. The van der Waals surface area contributed by atoms with E-state index < -0.39 is 0 Å². The van der Waals surface area contributed by atoms with Gasteiger partial charge in [-0.25, -0.2) is 0 Å². The van der Waals surface area contributed by atoms with Crippen molar-refractivity contribution in [3.63, 3.8) is 0 Å². The first-order valence-electron chi connectivity index (χ1n) is 8.81. The Morgan fingerprint density at radius 3 is 2.76 bits per heavy atom. The maximum absolute atomic E-state index is 12.1. The van der Waals surface area contributed by atoms with E-state index >= 15 is 0 Å². The van der Waals surface area contributed by atoms with Gasteiger partial charge in [-0.05, 0) is 52.0 Å². The second-order valence-corrected chi connectivity index (χ2v) is 6.93. The molecule has 2 saturated heterocycles. The van der Waals surface area contributed by atoms with Crippen LogP contribution in [0.25, 0.3) is 0 Å². The van der Waals surface area contributed by atoms with E-state index in [4.69, 9.17) is 9.47 Å². The summed E-state index contributed by atoms with van der Waals surface area (Å²) in [7, 11) is 0. The van der Waals surface area contributed by atoms with Crippen molar-refractivity contribution in [3.05, 3.63) is 0 Å². The van der Waals surface area contributed by atoms with Gasteiger partial charge >= 0.3 is 5.97 Å². The topological polar surface area (TPSA) is 38.8 Å². The predicted molar refractivity (Wildman–Crippen MR) is 81.2 cm³/mol. The van der Waals surface area contributed by atoms with Crippen LogP contribution in [-0.4, -0.2) is 48.3 Å². The van der Waals surface area contributed by atoms with Crippen molar-refractivity contribution in [1.82, 2.24) is 4.90 Å². The van der Waals surface area contributed by atoms with Crippen molar-refractivity contribution in [3.8, 4) is 0 Å². The van der Waals surface area contributed by atoms with Crippen molar-refractivity contribution in [2.24, 2.45) is 0 Å². The van der Waals surface area contributed by atoms with Gasteiger partial charge in [-0.15, -0.1) is 0 Å². The summed E-state index contributed by atoms with van der Waals surface area (Å²) >= 11 is 0. The molecular formula is C17H29NO3.